The summed E-state index contributed by atoms with van der Waals surface area (Å²) in [7, 11) is 0. The van der Waals surface area contributed by atoms with Crippen molar-refractivity contribution in [3.05, 3.63) is 104 Å². The number of fused-ring (bicyclic) bond motifs is 1. The van der Waals surface area contributed by atoms with Gasteiger partial charge in [0.1, 0.15) is 11.7 Å². The van der Waals surface area contributed by atoms with Crippen LogP contribution in [0.1, 0.15) is 26.3 Å². The molecule has 0 saturated heterocycles. The summed E-state index contributed by atoms with van der Waals surface area (Å²) in [5.74, 6) is -1.85. The van der Waals surface area contributed by atoms with Crippen molar-refractivity contribution < 1.29 is 19.3 Å². The second-order valence-electron chi connectivity index (χ2n) is 7.14. The van der Waals surface area contributed by atoms with E-state index >= 15 is 0 Å². The molecule has 3 aromatic carbocycles. The highest BCUT2D eigenvalue weighted by atomic mass is 79.9. The first-order valence-electron chi connectivity index (χ1n) is 9.62. The van der Waals surface area contributed by atoms with Crippen LogP contribution in [-0.2, 0) is 11.2 Å². The molecule has 0 fully saturated rings. The third kappa shape index (κ3) is 4.02. The monoisotopic (exact) mass is 493 g/mol. The second-order valence-corrected chi connectivity index (χ2v) is 8.05. The maximum atomic E-state index is 13.3. The third-order valence-electron chi connectivity index (χ3n) is 5.14. The Labute approximate surface area is 191 Å². The average molecular weight is 494 g/mol. The fourth-order valence-corrected chi connectivity index (χ4v) is 3.85. The molecule has 4 rings (SSSR count). The highest BCUT2D eigenvalue weighted by molar-refractivity contribution is 9.10. The summed E-state index contributed by atoms with van der Waals surface area (Å²) in [4.78, 5) is 51.0. The van der Waals surface area contributed by atoms with Crippen LogP contribution in [0.5, 0.6) is 0 Å². The number of nitrogens with one attached hydrogen (secondary N) is 1. The number of benzene rings is 3. The van der Waals surface area contributed by atoms with Crippen molar-refractivity contribution in [2.75, 3.05) is 5.32 Å². The van der Waals surface area contributed by atoms with Gasteiger partial charge in [-0.15, -0.1) is 0 Å². The smallest absolute Gasteiger partial charge is 0.292 e. The predicted octanol–water partition coefficient (Wildman–Crippen LogP) is 4.20. The van der Waals surface area contributed by atoms with Crippen molar-refractivity contribution in [2.24, 2.45) is 0 Å². The number of rotatable bonds is 6. The van der Waals surface area contributed by atoms with Gasteiger partial charge in [-0.3, -0.25) is 29.4 Å². The minimum Gasteiger partial charge on any atom is -0.319 e. The van der Waals surface area contributed by atoms with Gasteiger partial charge < -0.3 is 5.32 Å². The first-order valence-corrected chi connectivity index (χ1v) is 10.4. The quantitative estimate of drug-likeness (QED) is 0.314. The molecule has 3 amide bonds. The normalized spacial score (nSPS) is 13.6. The summed E-state index contributed by atoms with van der Waals surface area (Å²) < 4.78 is 0.836. The van der Waals surface area contributed by atoms with E-state index in [4.69, 9.17) is 0 Å². The number of nitro benzene ring substituents is 1. The molecule has 0 radical (unpaired) electrons. The lowest BCUT2D eigenvalue weighted by Crippen LogP contribution is -2.48. The summed E-state index contributed by atoms with van der Waals surface area (Å²) in [6, 6.07) is 18.0. The maximum absolute atomic E-state index is 13.3. The van der Waals surface area contributed by atoms with E-state index < -0.39 is 28.7 Å². The van der Waals surface area contributed by atoms with Crippen molar-refractivity contribution >= 4 is 45.0 Å². The Bertz CT molecular complexity index is 1210. The molecular weight excluding hydrogens is 478 g/mol. The van der Waals surface area contributed by atoms with Gasteiger partial charge in [-0.1, -0.05) is 52.3 Å². The van der Waals surface area contributed by atoms with E-state index in [0.29, 0.717) is 5.56 Å². The second kappa shape index (κ2) is 8.72. The molecule has 32 heavy (non-hydrogen) atoms. The van der Waals surface area contributed by atoms with Crippen LogP contribution < -0.4 is 5.32 Å². The van der Waals surface area contributed by atoms with Crippen molar-refractivity contribution in [1.29, 1.82) is 0 Å². The van der Waals surface area contributed by atoms with Crippen molar-refractivity contribution in [1.82, 2.24) is 4.90 Å². The Balaban J connectivity index is 1.71. The van der Waals surface area contributed by atoms with Crippen molar-refractivity contribution in [3.63, 3.8) is 0 Å². The van der Waals surface area contributed by atoms with Crippen LogP contribution in [0, 0.1) is 10.1 Å². The van der Waals surface area contributed by atoms with Crippen LogP contribution in [0.15, 0.2) is 77.3 Å². The Morgan fingerprint density at radius 3 is 2.09 bits per heavy atom. The van der Waals surface area contributed by atoms with E-state index in [-0.39, 0.29) is 28.9 Å². The van der Waals surface area contributed by atoms with Crippen LogP contribution in [0.3, 0.4) is 0 Å². The first-order chi connectivity index (χ1) is 15.4. The number of nitrogens with zero attached hydrogens (tertiary/aromatic N) is 2. The zero-order valence-electron chi connectivity index (χ0n) is 16.5. The number of carbonyl (C=O) groups excluding carboxylic acids is 3. The minimum absolute atomic E-state index is 0.0140. The standard InChI is InChI=1S/C23H16BrN3O5/c24-15-11-9-14(10-12-15)13-20(21(28)25-18-7-3-4-8-19(18)27(31)32)26-22(29)16-5-1-2-6-17(16)23(26)30/h1-12,20H,13H2,(H,25,28). The molecular formula is C23H16BrN3O5. The van der Waals surface area contributed by atoms with E-state index in [9.17, 15) is 24.5 Å². The van der Waals surface area contributed by atoms with Gasteiger partial charge in [-0.05, 0) is 35.9 Å². The number of nitro groups is 1. The van der Waals surface area contributed by atoms with Crippen LogP contribution >= 0.6 is 15.9 Å². The van der Waals surface area contributed by atoms with Gasteiger partial charge in [0.25, 0.3) is 17.5 Å². The molecule has 8 nitrogen and oxygen atoms in total. The summed E-state index contributed by atoms with van der Waals surface area (Å²) in [6.07, 6.45) is 0.0468. The van der Waals surface area contributed by atoms with Crippen LogP contribution in [-0.4, -0.2) is 33.6 Å². The van der Waals surface area contributed by atoms with Gasteiger partial charge >= 0.3 is 0 Å². The molecule has 0 spiro atoms. The number of anilines is 1. The van der Waals surface area contributed by atoms with Gasteiger partial charge in [0.15, 0.2) is 0 Å². The molecule has 0 saturated carbocycles. The fourth-order valence-electron chi connectivity index (χ4n) is 3.59. The largest absolute Gasteiger partial charge is 0.319 e. The summed E-state index contributed by atoms with van der Waals surface area (Å²) in [5, 5.41) is 13.9. The van der Waals surface area contributed by atoms with Gasteiger partial charge in [-0.2, -0.15) is 0 Å². The lowest BCUT2D eigenvalue weighted by molar-refractivity contribution is -0.383. The zero-order chi connectivity index (χ0) is 22.8. The third-order valence-corrected chi connectivity index (χ3v) is 5.67. The van der Waals surface area contributed by atoms with Gasteiger partial charge in [-0.25, -0.2) is 0 Å². The summed E-state index contributed by atoms with van der Waals surface area (Å²) in [5.41, 5.74) is 0.853. The molecule has 1 aliphatic heterocycles. The fraction of sp³-hybridized carbons (Fsp3) is 0.0870. The highest BCUT2D eigenvalue weighted by Crippen LogP contribution is 2.28. The van der Waals surface area contributed by atoms with Gasteiger partial charge in [0, 0.05) is 17.0 Å². The van der Waals surface area contributed by atoms with E-state index in [1.54, 1.807) is 42.5 Å². The SMILES string of the molecule is O=C(Nc1ccccc1[N+](=O)[O-])C(Cc1ccc(Br)cc1)N1C(=O)c2ccccc2C1=O. The number of amides is 3. The zero-order valence-corrected chi connectivity index (χ0v) is 18.1. The Morgan fingerprint density at radius 2 is 1.50 bits per heavy atom. The number of hydrogen-bond donors (Lipinski definition) is 1. The molecule has 1 aliphatic rings. The number of halogens is 1. The van der Waals surface area contributed by atoms with E-state index in [2.05, 4.69) is 21.2 Å². The van der Waals surface area contributed by atoms with E-state index in [1.165, 1.54) is 30.3 Å². The van der Waals surface area contributed by atoms with Crippen LogP contribution in [0.4, 0.5) is 11.4 Å². The molecule has 3 aromatic rings. The van der Waals surface area contributed by atoms with Gasteiger partial charge in [0.05, 0.1) is 16.1 Å². The lowest BCUT2D eigenvalue weighted by Gasteiger charge is -2.25. The number of imide groups is 1. The highest BCUT2D eigenvalue weighted by Gasteiger charge is 2.43. The maximum Gasteiger partial charge on any atom is 0.292 e. The number of para-hydroxylation sites is 2. The molecule has 1 atom stereocenters. The Kier molecular flexibility index (Phi) is 5.83. The molecule has 9 heteroatoms. The first kappa shape index (κ1) is 21.4. The average Bonchev–Trinajstić information content (AvgIpc) is 3.04. The van der Waals surface area contributed by atoms with Crippen LogP contribution in [0.2, 0.25) is 0 Å². The minimum atomic E-state index is -1.21. The van der Waals surface area contributed by atoms with Gasteiger partial charge in [0.2, 0.25) is 5.91 Å². The predicted molar refractivity (Wildman–Crippen MR) is 120 cm³/mol. The van der Waals surface area contributed by atoms with Crippen LogP contribution in [0.25, 0.3) is 0 Å². The Hall–Kier alpha value is -3.85. The number of carbonyl (C=O) groups is 3. The molecule has 160 valence electrons. The molecule has 1 N–H and O–H groups in total. The molecule has 0 aliphatic carbocycles. The molecule has 0 aromatic heterocycles. The van der Waals surface area contributed by atoms with E-state index in [1.807, 2.05) is 0 Å². The van der Waals surface area contributed by atoms with Crippen molar-refractivity contribution in [3.8, 4) is 0 Å². The lowest BCUT2D eigenvalue weighted by atomic mass is 10.0. The van der Waals surface area contributed by atoms with E-state index in [0.717, 1.165) is 9.37 Å². The molecule has 1 unspecified atom stereocenters. The Morgan fingerprint density at radius 1 is 0.938 bits per heavy atom. The molecule has 0 bridgehead atoms. The number of hydrogen-bond acceptors (Lipinski definition) is 5. The molecule has 1 heterocycles. The van der Waals surface area contributed by atoms with Crippen molar-refractivity contribution in [2.45, 2.75) is 12.5 Å². The summed E-state index contributed by atoms with van der Waals surface area (Å²) >= 11 is 3.35. The topological polar surface area (TPSA) is 110 Å². The summed E-state index contributed by atoms with van der Waals surface area (Å²) in [6.45, 7) is 0.